The third kappa shape index (κ3) is 2.32. The SMILES string of the molecule is Cn1c(C(CN)Cc2c[nH]c3ccccc23)nc2ccccc21. The van der Waals surface area contributed by atoms with Crippen LogP contribution < -0.4 is 5.73 Å². The standard InChI is InChI=1S/C19H20N4/c1-23-18-9-5-4-8-17(18)22-19(23)13(11-20)10-14-12-21-16-7-3-2-6-15(14)16/h2-9,12-13,21H,10-11,20H2,1H3. The van der Waals surface area contributed by atoms with E-state index in [0.29, 0.717) is 6.54 Å². The van der Waals surface area contributed by atoms with Crippen molar-refractivity contribution in [3.05, 3.63) is 66.1 Å². The van der Waals surface area contributed by atoms with Gasteiger partial charge >= 0.3 is 0 Å². The molecule has 3 N–H and O–H groups in total. The van der Waals surface area contributed by atoms with Gasteiger partial charge in [-0.1, -0.05) is 30.3 Å². The molecule has 2 heterocycles. The van der Waals surface area contributed by atoms with Crippen LogP contribution in [-0.2, 0) is 13.5 Å². The molecule has 23 heavy (non-hydrogen) atoms. The number of nitrogens with two attached hydrogens (primary N) is 1. The van der Waals surface area contributed by atoms with Crippen molar-refractivity contribution < 1.29 is 0 Å². The number of nitrogens with one attached hydrogen (secondary N) is 1. The molecule has 0 bridgehead atoms. The van der Waals surface area contributed by atoms with E-state index in [-0.39, 0.29) is 5.92 Å². The van der Waals surface area contributed by atoms with Gasteiger partial charge in [0, 0.05) is 36.6 Å². The number of para-hydroxylation sites is 3. The van der Waals surface area contributed by atoms with Crippen molar-refractivity contribution in [3.63, 3.8) is 0 Å². The summed E-state index contributed by atoms with van der Waals surface area (Å²) < 4.78 is 2.17. The van der Waals surface area contributed by atoms with Gasteiger partial charge in [0.05, 0.1) is 11.0 Å². The van der Waals surface area contributed by atoms with Gasteiger partial charge in [0.1, 0.15) is 5.82 Å². The zero-order valence-corrected chi connectivity index (χ0v) is 13.2. The molecule has 2 aromatic carbocycles. The molecule has 4 rings (SSSR count). The molecule has 0 saturated carbocycles. The van der Waals surface area contributed by atoms with Gasteiger partial charge < -0.3 is 15.3 Å². The Balaban J connectivity index is 1.74. The average molecular weight is 304 g/mol. The number of hydrogen-bond donors (Lipinski definition) is 2. The first kappa shape index (κ1) is 14.0. The summed E-state index contributed by atoms with van der Waals surface area (Å²) in [5.74, 6) is 1.26. The Morgan fingerprint density at radius 2 is 1.91 bits per heavy atom. The van der Waals surface area contributed by atoms with Crippen LogP contribution in [0, 0.1) is 0 Å². The molecule has 4 aromatic rings. The van der Waals surface area contributed by atoms with Gasteiger partial charge in [-0.15, -0.1) is 0 Å². The average Bonchev–Trinajstić information content (AvgIpc) is 3.15. The second-order valence-corrected chi connectivity index (χ2v) is 6.01. The third-order valence-electron chi connectivity index (χ3n) is 4.61. The zero-order chi connectivity index (χ0) is 15.8. The number of aromatic amines is 1. The first-order valence-electron chi connectivity index (χ1n) is 7.94. The maximum atomic E-state index is 6.09. The largest absolute Gasteiger partial charge is 0.361 e. The fourth-order valence-corrected chi connectivity index (χ4v) is 3.38. The highest BCUT2D eigenvalue weighted by atomic mass is 15.1. The van der Waals surface area contributed by atoms with Crippen molar-refractivity contribution in [2.45, 2.75) is 12.3 Å². The molecule has 0 fully saturated rings. The van der Waals surface area contributed by atoms with Crippen LogP contribution in [0.2, 0.25) is 0 Å². The maximum Gasteiger partial charge on any atom is 0.114 e. The molecule has 1 unspecified atom stereocenters. The van der Waals surface area contributed by atoms with E-state index in [4.69, 9.17) is 10.7 Å². The Morgan fingerprint density at radius 1 is 1.13 bits per heavy atom. The summed E-state index contributed by atoms with van der Waals surface area (Å²) in [6, 6.07) is 16.6. The fraction of sp³-hybridized carbons (Fsp3) is 0.211. The van der Waals surface area contributed by atoms with Crippen molar-refractivity contribution in [2.24, 2.45) is 12.8 Å². The summed E-state index contributed by atoms with van der Waals surface area (Å²) in [6.45, 7) is 0.580. The Kier molecular flexibility index (Phi) is 3.39. The molecule has 4 nitrogen and oxygen atoms in total. The normalized spacial score (nSPS) is 13.0. The second-order valence-electron chi connectivity index (χ2n) is 6.01. The smallest absolute Gasteiger partial charge is 0.114 e. The predicted molar refractivity (Wildman–Crippen MR) is 94.5 cm³/mol. The molecule has 4 heteroatoms. The first-order valence-corrected chi connectivity index (χ1v) is 7.94. The minimum Gasteiger partial charge on any atom is -0.361 e. The van der Waals surface area contributed by atoms with E-state index in [9.17, 15) is 0 Å². The topological polar surface area (TPSA) is 59.6 Å². The first-order chi connectivity index (χ1) is 11.3. The Bertz CT molecular complexity index is 964. The van der Waals surface area contributed by atoms with Crippen molar-refractivity contribution >= 4 is 21.9 Å². The monoisotopic (exact) mass is 304 g/mol. The van der Waals surface area contributed by atoms with Crippen LogP contribution in [0.25, 0.3) is 21.9 Å². The molecular weight excluding hydrogens is 284 g/mol. The summed E-state index contributed by atoms with van der Waals surface area (Å²) in [6.07, 6.45) is 2.98. The second kappa shape index (κ2) is 5.56. The number of H-pyrrole nitrogens is 1. The predicted octanol–water partition coefficient (Wildman–Crippen LogP) is 3.34. The zero-order valence-electron chi connectivity index (χ0n) is 13.2. The van der Waals surface area contributed by atoms with Crippen LogP contribution in [0.5, 0.6) is 0 Å². The summed E-state index contributed by atoms with van der Waals surface area (Å²) in [5, 5.41) is 1.27. The van der Waals surface area contributed by atoms with Crippen LogP contribution in [-0.4, -0.2) is 21.1 Å². The van der Waals surface area contributed by atoms with Crippen molar-refractivity contribution in [1.29, 1.82) is 0 Å². The quantitative estimate of drug-likeness (QED) is 0.607. The Morgan fingerprint density at radius 3 is 2.74 bits per heavy atom. The number of nitrogens with zero attached hydrogens (tertiary/aromatic N) is 2. The van der Waals surface area contributed by atoms with E-state index in [1.807, 2.05) is 12.1 Å². The third-order valence-corrected chi connectivity index (χ3v) is 4.61. The molecule has 0 amide bonds. The summed E-state index contributed by atoms with van der Waals surface area (Å²) in [7, 11) is 2.07. The van der Waals surface area contributed by atoms with E-state index in [1.54, 1.807) is 0 Å². The Labute approximate surface area is 134 Å². The summed E-state index contributed by atoms with van der Waals surface area (Å²) in [5.41, 5.74) is 10.7. The lowest BCUT2D eigenvalue weighted by Crippen LogP contribution is -2.18. The highest BCUT2D eigenvalue weighted by Crippen LogP contribution is 2.27. The number of hydrogen-bond acceptors (Lipinski definition) is 2. The van der Waals surface area contributed by atoms with E-state index in [0.717, 1.165) is 23.3 Å². The van der Waals surface area contributed by atoms with Gasteiger partial charge in [-0.25, -0.2) is 4.98 Å². The van der Waals surface area contributed by atoms with Crippen LogP contribution >= 0.6 is 0 Å². The van der Waals surface area contributed by atoms with Crippen LogP contribution in [0.15, 0.2) is 54.7 Å². The fourth-order valence-electron chi connectivity index (χ4n) is 3.38. The molecule has 0 saturated heterocycles. The lowest BCUT2D eigenvalue weighted by molar-refractivity contribution is 0.624. The van der Waals surface area contributed by atoms with Gasteiger partial charge in [0.15, 0.2) is 0 Å². The summed E-state index contributed by atoms with van der Waals surface area (Å²) >= 11 is 0. The maximum absolute atomic E-state index is 6.09. The number of aryl methyl sites for hydroxylation is 1. The van der Waals surface area contributed by atoms with E-state index >= 15 is 0 Å². The highest BCUT2D eigenvalue weighted by Gasteiger charge is 2.19. The number of benzene rings is 2. The minimum atomic E-state index is 0.201. The molecule has 116 valence electrons. The van der Waals surface area contributed by atoms with E-state index in [2.05, 4.69) is 59.2 Å². The van der Waals surface area contributed by atoms with Gasteiger partial charge in [0.2, 0.25) is 0 Å². The molecule has 0 aliphatic rings. The number of rotatable bonds is 4. The van der Waals surface area contributed by atoms with Gasteiger partial charge in [-0.3, -0.25) is 0 Å². The number of imidazole rings is 1. The lowest BCUT2D eigenvalue weighted by Gasteiger charge is -2.14. The van der Waals surface area contributed by atoms with Crippen molar-refractivity contribution in [3.8, 4) is 0 Å². The van der Waals surface area contributed by atoms with Crippen LogP contribution in [0.3, 0.4) is 0 Å². The number of aromatic nitrogens is 3. The minimum absolute atomic E-state index is 0.201. The highest BCUT2D eigenvalue weighted by molar-refractivity contribution is 5.83. The Hall–Kier alpha value is -2.59. The molecule has 1 atom stereocenters. The van der Waals surface area contributed by atoms with Gasteiger partial charge in [0.25, 0.3) is 0 Å². The van der Waals surface area contributed by atoms with Crippen LogP contribution in [0.1, 0.15) is 17.3 Å². The lowest BCUT2D eigenvalue weighted by atomic mass is 9.98. The van der Waals surface area contributed by atoms with E-state index in [1.165, 1.54) is 16.5 Å². The molecule has 0 spiro atoms. The molecule has 0 radical (unpaired) electrons. The summed E-state index contributed by atoms with van der Waals surface area (Å²) in [4.78, 5) is 8.16. The molecule has 0 aliphatic heterocycles. The molecule has 0 aliphatic carbocycles. The van der Waals surface area contributed by atoms with Gasteiger partial charge in [-0.2, -0.15) is 0 Å². The van der Waals surface area contributed by atoms with Gasteiger partial charge in [-0.05, 0) is 30.2 Å². The molecular formula is C19H20N4. The molecule has 2 aromatic heterocycles. The van der Waals surface area contributed by atoms with Crippen LogP contribution in [0.4, 0.5) is 0 Å². The van der Waals surface area contributed by atoms with Crippen molar-refractivity contribution in [2.75, 3.05) is 6.54 Å². The number of fused-ring (bicyclic) bond motifs is 2. The van der Waals surface area contributed by atoms with Crippen molar-refractivity contribution in [1.82, 2.24) is 14.5 Å². The van der Waals surface area contributed by atoms with E-state index < -0.39 is 0 Å².